The van der Waals surface area contributed by atoms with Gasteiger partial charge in [-0.1, -0.05) is 12.1 Å². The molecular formula is C18H24N4O. The molecule has 0 saturated carbocycles. The highest BCUT2D eigenvalue weighted by molar-refractivity contribution is 5.89. The number of nitrogens with zero attached hydrogens (tertiary/aromatic N) is 4. The van der Waals surface area contributed by atoms with E-state index in [4.69, 9.17) is 4.74 Å². The standard InChI is InChI=1S/C18H24N4O/c1-14-12-22(10-11-23-14)15-6-8-21(9-7-15)18-16-4-2-3-5-17(16)19-13-20-18/h2-5,13-15H,6-12H2,1H3/t14-/m1/s1. The van der Waals surface area contributed by atoms with Crippen molar-refractivity contribution in [3.05, 3.63) is 30.6 Å². The Kier molecular flexibility index (Phi) is 4.14. The molecule has 5 nitrogen and oxygen atoms in total. The molecule has 0 amide bonds. The second-order valence-corrected chi connectivity index (χ2v) is 6.61. The van der Waals surface area contributed by atoms with Gasteiger partial charge in [0.2, 0.25) is 0 Å². The van der Waals surface area contributed by atoms with E-state index in [9.17, 15) is 0 Å². The molecule has 2 fully saturated rings. The fourth-order valence-electron chi connectivity index (χ4n) is 3.86. The number of hydrogen-bond acceptors (Lipinski definition) is 5. The second kappa shape index (κ2) is 6.42. The summed E-state index contributed by atoms with van der Waals surface area (Å²) < 4.78 is 5.67. The highest BCUT2D eigenvalue weighted by Gasteiger charge is 2.28. The Morgan fingerprint density at radius 2 is 1.91 bits per heavy atom. The molecule has 1 atom stereocenters. The third-order valence-electron chi connectivity index (χ3n) is 5.07. The van der Waals surface area contributed by atoms with E-state index >= 15 is 0 Å². The van der Waals surface area contributed by atoms with Gasteiger partial charge in [0.25, 0.3) is 0 Å². The fourth-order valence-corrected chi connectivity index (χ4v) is 3.86. The maximum atomic E-state index is 5.67. The fraction of sp³-hybridized carbons (Fsp3) is 0.556. The average Bonchev–Trinajstić information content (AvgIpc) is 2.61. The number of benzene rings is 1. The largest absolute Gasteiger partial charge is 0.376 e. The molecular weight excluding hydrogens is 288 g/mol. The molecule has 23 heavy (non-hydrogen) atoms. The van der Waals surface area contributed by atoms with Gasteiger partial charge in [-0.15, -0.1) is 0 Å². The first-order valence-electron chi connectivity index (χ1n) is 8.61. The van der Waals surface area contributed by atoms with Crippen molar-refractivity contribution < 1.29 is 4.74 Å². The first-order chi connectivity index (χ1) is 11.3. The molecule has 1 aromatic carbocycles. The van der Waals surface area contributed by atoms with E-state index in [1.807, 2.05) is 6.07 Å². The second-order valence-electron chi connectivity index (χ2n) is 6.61. The predicted molar refractivity (Wildman–Crippen MR) is 91.8 cm³/mol. The summed E-state index contributed by atoms with van der Waals surface area (Å²) in [5.74, 6) is 1.09. The lowest BCUT2D eigenvalue weighted by atomic mass is 10.0. The van der Waals surface area contributed by atoms with Crippen LogP contribution in [0.1, 0.15) is 19.8 Å². The summed E-state index contributed by atoms with van der Waals surface area (Å²) in [6, 6.07) is 8.97. The van der Waals surface area contributed by atoms with Gasteiger partial charge in [0.15, 0.2) is 0 Å². The van der Waals surface area contributed by atoms with Crippen molar-refractivity contribution in [2.75, 3.05) is 37.7 Å². The lowest BCUT2D eigenvalue weighted by Gasteiger charge is -2.42. The molecule has 2 aromatic rings. The Hall–Kier alpha value is -1.72. The molecule has 2 saturated heterocycles. The van der Waals surface area contributed by atoms with E-state index in [0.29, 0.717) is 12.1 Å². The van der Waals surface area contributed by atoms with Crippen molar-refractivity contribution in [2.45, 2.75) is 31.9 Å². The van der Waals surface area contributed by atoms with E-state index in [2.05, 4.69) is 44.9 Å². The monoisotopic (exact) mass is 312 g/mol. The number of rotatable bonds is 2. The molecule has 0 aliphatic carbocycles. The molecule has 5 heteroatoms. The van der Waals surface area contributed by atoms with Gasteiger partial charge in [-0.2, -0.15) is 0 Å². The van der Waals surface area contributed by atoms with Crippen LogP contribution in [0.2, 0.25) is 0 Å². The highest BCUT2D eigenvalue weighted by Crippen LogP contribution is 2.27. The van der Waals surface area contributed by atoms with E-state index in [0.717, 1.165) is 49.5 Å². The van der Waals surface area contributed by atoms with Gasteiger partial charge in [-0.05, 0) is 31.9 Å². The molecule has 2 aliphatic heterocycles. The number of hydrogen-bond donors (Lipinski definition) is 0. The van der Waals surface area contributed by atoms with Crippen LogP contribution in [0.3, 0.4) is 0 Å². The molecule has 1 aromatic heterocycles. The Bertz CT molecular complexity index is 664. The minimum absolute atomic E-state index is 0.368. The van der Waals surface area contributed by atoms with Crippen LogP contribution in [0, 0.1) is 0 Å². The first kappa shape index (κ1) is 14.8. The maximum Gasteiger partial charge on any atom is 0.139 e. The molecule has 0 radical (unpaired) electrons. The van der Waals surface area contributed by atoms with Crippen LogP contribution in [0.4, 0.5) is 5.82 Å². The van der Waals surface area contributed by atoms with Crippen molar-refractivity contribution in [2.24, 2.45) is 0 Å². The smallest absolute Gasteiger partial charge is 0.139 e. The van der Waals surface area contributed by atoms with E-state index in [1.54, 1.807) is 6.33 Å². The van der Waals surface area contributed by atoms with Crippen molar-refractivity contribution in [1.29, 1.82) is 0 Å². The summed E-state index contributed by atoms with van der Waals surface area (Å²) in [6.45, 7) is 7.33. The number of fused-ring (bicyclic) bond motifs is 1. The molecule has 0 spiro atoms. The zero-order valence-electron chi connectivity index (χ0n) is 13.7. The Balaban J connectivity index is 1.46. The number of anilines is 1. The minimum Gasteiger partial charge on any atom is -0.376 e. The summed E-state index contributed by atoms with van der Waals surface area (Å²) in [4.78, 5) is 14.0. The average molecular weight is 312 g/mol. The molecule has 0 N–H and O–H groups in total. The molecule has 122 valence electrons. The van der Waals surface area contributed by atoms with Crippen LogP contribution >= 0.6 is 0 Å². The SMILES string of the molecule is C[C@@H]1CN(C2CCN(c3ncnc4ccccc34)CC2)CCO1. The zero-order valence-corrected chi connectivity index (χ0v) is 13.7. The van der Waals surface area contributed by atoms with Gasteiger partial charge in [0.1, 0.15) is 12.1 Å². The molecule has 4 rings (SSSR count). The zero-order chi connectivity index (χ0) is 15.6. The van der Waals surface area contributed by atoms with Crippen molar-refractivity contribution in [3.8, 4) is 0 Å². The van der Waals surface area contributed by atoms with Crippen LogP contribution in [0.25, 0.3) is 10.9 Å². The molecule has 0 bridgehead atoms. The lowest BCUT2D eigenvalue weighted by Crippen LogP contribution is -2.51. The van der Waals surface area contributed by atoms with Crippen LogP contribution in [-0.2, 0) is 4.74 Å². The summed E-state index contributed by atoms with van der Waals surface area (Å²) >= 11 is 0. The van der Waals surface area contributed by atoms with Crippen LogP contribution in [0.5, 0.6) is 0 Å². The van der Waals surface area contributed by atoms with Crippen LogP contribution in [0.15, 0.2) is 30.6 Å². The van der Waals surface area contributed by atoms with Gasteiger partial charge in [-0.25, -0.2) is 9.97 Å². The minimum atomic E-state index is 0.368. The third kappa shape index (κ3) is 3.03. The number of ether oxygens (including phenoxy) is 1. The third-order valence-corrected chi connectivity index (χ3v) is 5.07. The van der Waals surface area contributed by atoms with Gasteiger partial charge >= 0.3 is 0 Å². The Morgan fingerprint density at radius 1 is 1.09 bits per heavy atom. The first-order valence-corrected chi connectivity index (χ1v) is 8.61. The molecule has 2 aliphatic rings. The Labute approximate surface area is 137 Å². The summed E-state index contributed by atoms with van der Waals surface area (Å²) in [7, 11) is 0. The summed E-state index contributed by atoms with van der Waals surface area (Å²) in [6.07, 6.45) is 4.45. The van der Waals surface area contributed by atoms with Crippen molar-refractivity contribution >= 4 is 16.7 Å². The van der Waals surface area contributed by atoms with Gasteiger partial charge in [-0.3, -0.25) is 4.90 Å². The maximum absolute atomic E-state index is 5.67. The van der Waals surface area contributed by atoms with Gasteiger partial charge in [0, 0.05) is 37.6 Å². The van der Waals surface area contributed by atoms with Crippen LogP contribution < -0.4 is 4.90 Å². The predicted octanol–water partition coefficient (Wildman–Crippen LogP) is 2.32. The number of aromatic nitrogens is 2. The van der Waals surface area contributed by atoms with Crippen molar-refractivity contribution in [1.82, 2.24) is 14.9 Å². The quantitative estimate of drug-likeness (QED) is 0.851. The molecule has 0 unspecified atom stereocenters. The van der Waals surface area contributed by atoms with Crippen molar-refractivity contribution in [3.63, 3.8) is 0 Å². The van der Waals surface area contributed by atoms with E-state index in [-0.39, 0.29) is 0 Å². The highest BCUT2D eigenvalue weighted by atomic mass is 16.5. The lowest BCUT2D eigenvalue weighted by molar-refractivity contribution is -0.0373. The number of piperidine rings is 1. The van der Waals surface area contributed by atoms with E-state index in [1.165, 1.54) is 12.8 Å². The summed E-state index contributed by atoms with van der Waals surface area (Å²) in [5.41, 5.74) is 1.03. The number of morpholine rings is 1. The van der Waals surface area contributed by atoms with Gasteiger partial charge < -0.3 is 9.64 Å². The summed E-state index contributed by atoms with van der Waals surface area (Å²) in [5, 5.41) is 1.16. The molecule has 3 heterocycles. The van der Waals surface area contributed by atoms with Gasteiger partial charge in [0.05, 0.1) is 18.2 Å². The van der Waals surface area contributed by atoms with Crippen LogP contribution in [-0.4, -0.2) is 59.8 Å². The number of para-hydroxylation sites is 1. The normalized spacial score (nSPS) is 24.2. The topological polar surface area (TPSA) is 41.5 Å². The Morgan fingerprint density at radius 3 is 2.74 bits per heavy atom. The van der Waals surface area contributed by atoms with E-state index < -0.39 is 0 Å².